The van der Waals surface area contributed by atoms with Crippen molar-refractivity contribution in [1.82, 2.24) is 5.53 Å². The zero-order valence-corrected chi connectivity index (χ0v) is 14.9. The molecule has 1 N–H and O–H groups in total. The van der Waals surface area contributed by atoms with Crippen LogP contribution in [-0.2, 0) is 40.2 Å². The van der Waals surface area contributed by atoms with Crippen molar-refractivity contribution in [2.24, 2.45) is 0 Å². The Hall–Kier alpha value is -2.83. The maximum Gasteiger partial charge on any atom is 4.00 e. The van der Waals surface area contributed by atoms with E-state index in [0.29, 0.717) is 0 Å². The van der Waals surface area contributed by atoms with Crippen LogP contribution in [-0.4, -0.2) is 33.9 Å². The predicted molar refractivity (Wildman–Crippen MR) is 59.8 cm³/mol. The molecule has 0 saturated carbocycles. The summed E-state index contributed by atoms with van der Waals surface area (Å²) in [6.07, 6.45) is 0. The number of aliphatic carboxylic acids is 4. The van der Waals surface area contributed by atoms with E-state index in [9.17, 15) is 0 Å². The van der Waals surface area contributed by atoms with Crippen LogP contribution < -0.4 is 26.0 Å². The van der Waals surface area contributed by atoms with Gasteiger partial charge in [-0.05, 0) is 27.7 Å². The number of carbonyl (C=O) groups is 4. The number of hydrogen-bond donors (Lipinski definition) is 1. The molecule has 0 aromatic rings. The molecule has 0 saturated heterocycles. The Labute approximate surface area is 148 Å². The average Bonchev–Trinajstić information content (AvgIpc) is 2.09. The molecule has 24 heavy (non-hydrogen) atoms. The zero-order chi connectivity index (χ0) is 20.2. The van der Waals surface area contributed by atoms with Crippen molar-refractivity contribution in [2.45, 2.75) is 27.7 Å². The molecule has 0 spiro atoms. The second-order valence-corrected chi connectivity index (χ2v) is 2.58. The molecule has 0 radical (unpaired) electrons. The number of nitrogens with zero attached hydrogens (tertiary/aromatic N) is 2. The topological polar surface area (TPSA) is 259 Å². The normalized spacial score (nSPS) is 6.33. The van der Waals surface area contributed by atoms with E-state index in [4.69, 9.17) is 59.8 Å². The van der Waals surface area contributed by atoms with Crippen molar-refractivity contribution in [1.29, 1.82) is 0 Å². The van der Waals surface area contributed by atoms with Crippen LogP contribution in [0, 0.1) is 20.2 Å². The molecule has 0 amide bonds. The molecule has 15 nitrogen and oxygen atoms in total. The van der Waals surface area contributed by atoms with E-state index in [1.54, 1.807) is 0 Å². The number of hydrogen-bond acceptors (Lipinski definition) is 12. The van der Waals surface area contributed by atoms with Gasteiger partial charge in [-0.1, -0.05) is 0 Å². The smallest absolute Gasteiger partial charge is 0.550 e. The van der Waals surface area contributed by atoms with Crippen molar-refractivity contribution in [3.05, 3.63) is 20.2 Å². The third kappa shape index (κ3) is 4640. The fourth-order valence-corrected chi connectivity index (χ4v) is 0.0667. The summed E-state index contributed by atoms with van der Waals surface area (Å²) >= 11 is 0. The minimum atomic E-state index is -1.25. The summed E-state index contributed by atoms with van der Waals surface area (Å²) in [5, 5.41) is 51.2. The van der Waals surface area contributed by atoms with Gasteiger partial charge in [0.05, 0.1) is 0 Å². The van der Waals surface area contributed by atoms with Crippen LogP contribution in [0.2, 0.25) is 0 Å². The molecular formula is C8H13N3O12Pt. The van der Waals surface area contributed by atoms with Gasteiger partial charge < -0.3 is 39.6 Å². The van der Waals surface area contributed by atoms with Crippen LogP contribution in [0.1, 0.15) is 27.7 Å². The average molecular weight is 538 g/mol. The molecule has 142 valence electrons. The molecule has 0 atom stereocenters. The van der Waals surface area contributed by atoms with Crippen molar-refractivity contribution >= 4 is 23.9 Å². The first kappa shape index (κ1) is 37.4. The van der Waals surface area contributed by atoms with Gasteiger partial charge in [-0.15, -0.1) is 0 Å². The summed E-state index contributed by atoms with van der Waals surface area (Å²) < 4.78 is 0. The van der Waals surface area contributed by atoms with Crippen molar-refractivity contribution < 1.29 is 70.7 Å². The van der Waals surface area contributed by atoms with Gasteiger partial charge in [0.1, 0.15) is 0 Å². The van der Waals surface area contributed by atoms with Gasteiger partial charge in [-0.2, -0.15) is 0 Å². The van der Waals surface area contributed by atoms with Crippen LogP contribution in [0.25, 0.3) is 0 Å². The Balaban J connectivity index is -0.0000000429. The fraction of sp³-hybridized carbons (Fsp3) is 0.500. The number of carbonyl (C=O) groups excluding carboxylic acids is 4. The molecule has 0 unspecified atom stereocenters. The van der Waals surface area contributed by atoms with E-state index in [1.807, 2.05) is 0 Å². The first-order valence-electron chi connectivity index (χ1n) is 4.81. The van der Waals surface area contributed by atoms with E-state index < -0.39 is 33.9 Å². The number of hydrazine groups is 2. The molecule has 0 aliphatic rings. The number of carboxylic acids is 4. The van der Waals surface area contributed by atoms with Crippen LogP contribution >= 0.6 is 0 Å². The van der Waals surface area contributed by atoms with Crippen LogP contribution in [0.5, 0.6) is 0 Å². The van der Waals surface area contributed by atoms with Gasteiger partial charge in [-0.25, -0.2) is 20.2 Å². The van der Waals surface area contributed by atoms with Crippen molar-refractivity contribution in [3.63, 3.8) is 0 Å². The van der Waals surface area contributed by atoms with E-state index in [-0.39, 0.29) is 21.1 Å². The van der Waals surface area contributed by atoms with E-state index in [2.05, 4.69) is 0 Å². The molecule has 0 bridgehead atoms. The van der Waals surface area contributed by atoms with Crippen LogP contribution in [0.3, 0.4) is 0 Å². The molecule has 16 heteroatoms. The number of rotatable bonds is 2. The molecule has 0 aliphatic carbocycles. The molecule has 0 heterocycles. The summed E-state index contributed by atoms with van der Waals surface area (Å²) in [6, 6.07) is 0. The van der Waals surface area contributed by atoms with E-state index in [0.717, 1.165) is 33.2 Å². The third-order valence-electron chi connectivity index (χ3n) is 0.163. The van der Waals surface area contributed by atoms with Crippen LogP contribution in [0.15, 0.2) is 0 Å². The van der Waals surface area contributed by atoms with Gasteiger partial charge in [-0.3, -0.25) is 0 Å². The molecule has 0 fully saturated rings. The summed E-state index contributed by atoms with van der Waals surface area (Å²) in [6.45, 7) is 3.89. The number of nitrogens with one attached hydrogen (secondary N) is 1. The van der Waals surface area contributed by atoms with Gasteiger partial charge in [0.15, 0.2) is 5.53 Å². The van der Waals surface area contributed by atoms with Gasteiger partial charge in [0.2, 0.25) is 10.1 Å². The summed E-state index contributed by atoms with van der Waals surface area (Å²) in [4.78, 5) is 53.7. The van der Waals surface area contributed by atoms with Gasteiger partial charge in [0.25, 0.3) is 0 Å². The van der Waals surface area contributed by atoms with Gasteiger partial charge in [0, 0.05) is 23.9 Å². The number of nitro groups is 2. The third-order valence-corrected chi connectivity index (χ3v) is 0.163. The summed E-state index contributed by atoms with van der Waals surface area (Å²) in [7, 11) is 0. The maximum atomic E-state index is 9.06. The largest absolute Gasteiger partial charge is 4.00 e. The Morgan fingerprint density at radius 2 is 0.708 bits per heavy atom. The Morgan fingerprint density at radius 1 is 0.625 bits per heavy atom. The quantitative estimate of drug-likeness (QED) is 0.254. The van der Waals surface area contributed by atoms with Crippen molar-refractivity contribution in [3.8, 4) is 0 Å². The standard InChI is InChI=1S/4C2H4O2.HN3O4.Pt/c4*1-2(3)4;4-2(5)1-3(6)7;/h4*1H3,(H,3,4);1H;/q;;;;;+4/p-4. The maximum absolute atomic E-state index is 9.06. The van der Waals surface area contributed by atoms with E-state index >= 15 is 0 Å². The first-order valence-corrected chi connectivity index (χ1v) is 4.81. The monoisotopic (exact) mass is 538 g/mol. The Bertz CT molecular complexity index is 324. The first-order chi connectivity index (χ1) is 10.1. The van der Waals surface area contributed by atoms with E-state index in [1.165, 1.54) is 0 Å². The summed E-state index contributed by atoms with van der Waals surface area (Å²) in [5.74, 6) is -4.33. The second kappa shape index (κ2) is 28.3. The fourth-order valence-electron chi connectivity index (χ4n) is 0.0667. The second-order valence-electron chi connectivity index (χ2n) is 2.58. The number of carboxylic acid groups (broad SMARTS) is 4. The zero-order valence-electron chi connectivity index (χ0n) is 12.6. The minimum Gasteiger partial charge on any atom is -0.550 e. The Kier molecular flexibility index (Phi) is 44.2. The van der Waals surface area contributed by atoms with Crippen LogP contribution in [0.4, 0.5) is 0 Å². The van der Waals surface area contributed by atoms with Gasteiger partial charge >= 0.3 is 21.1 Å². The minimum absolute atomic E-state index is 0. The Morgan fingerprint density at radius 3 is 0.708 bits per heavy atom. The van der Waals surface area contributed by atoms with Crippen molar-refractivity contribution in [2.75, 3.05) is 0 Å². The summed E-state index contributed by atoms with van der Waals surface area (Å²) in [5.41, 5.74) is 0.750. The SMILES string of the molecule is CC(=O)[O-].CC(=O)[O-].CC(=O)[O-].CC(=O)[O-].O=[N+]([O-])N[N+](=O)[O-].[Pt+4]. The molecular weight excluding hydrogens is 525 g/mol. The predicted octanol–water partition coefficient (Wildman–Crippen LogP) is -6.02. The molecule has 0 aromatic carbocycles. The molecule has 0 rings (SSSR count). The molecule has 0 aliphatic heterocycles. The molecule has 0 aromatic heterocycles.